The number of carbonyl (C=O) groups is 1. The molecule has 1 fully saturated rings. The molecule has 1 heterocycles. The highest BCUT2D eigenvalue weighted by Gasteiger charge is 2.26. The second kappa shape index (κ2) is 7.66. The van der Waals surface area contributed by atoms with E-state index in [9.17, 15) is 13.2 Å². The number of unbranched alkanes of at least 4 members (excludes halogenated alkanes) is 1. The van der Waals surface area contributed by atoms with E-state index >= 15 is 0 Å². The molecule has 1 unspecified atom stereocenters. The van der Waals surface area contributed by atoms with Gasteiger partial charge in [-0.05, 0) is 6.42 Å². The van der Waals surface area contributed by atoms with Crippen molar-refractivity contribution in [1.29, 1.82) is 0 Å². The maximum atomic E-state index is 11.7. The third-order valence-electron chi connectivity index (χ3n) is 2.59. The van der Waals surface area contributed by atoms with E-state index in [1.165, 1.54) is 4.90 Å². The molecule has 1 amide bonds. The van der Waals surface area contributed by atoms with Crippen molar-refractivity contribution in [2.24, 2.45) is 0 Å². The number of morpholine rings is 1. The first-order valence-corrected chi connectivity index (χ1v) is 8.11. The van der Waals surface area contributed by atoms with Gasteiger partial charge in [0.1, 0.15) is 6.10 Å². The van der Waals surface area contributed by atoms with Crippen LogP contribution in [0.2, 0.25) is 0 Å². The van der Waals surface area contributed by atoms with Crippen LogP contribution in [0.15, 0.2) is 0 Å². The molecule has 0 spiro atoms. The van der Waals surface area contributed by atoms with Gasteiger partial charge in [-0.15, -0.1) is 0 Å². The summed E-state index contributed by atoms with van der Waals surface area (Å²) < 4.78 is 36.9. The summed E-state index contributed by atoms with van der Waals surface area (Å²) in [5.74, 6) is 0. The summed E-state index contributed by atoms with van der Waals surface area (Å²) in [6.45, 7) is 3.40. The molecule has 0 radical (unpaired) electrons. The van der Waals surface area contributed by atoms with Crippen LogP contribution >= 0.6 is 0 Å². The van der Waals surface area contributed by atoms with E-state index in [1.54, 1.807) is 0 Å². The second-order valence-corrected chi connectivity index (χ2v) is 6.04. The maximum Gasteiger partial charge on any atom is 0.409 e. The summed E-state index contributed by atoms with van der Waals surface area (Å²) in [4.78, 5) is 13.2. The van der Waals surface area contributed by atoms with Gasteiger partial charge in [0.05, 0.1) is 32.6 Å². The van der Waals surface area contributed by atoms with Gasteiger partial charge in [0.15, 0.2) is 0 Å². The van der Waals surface area contributed by atoms with Crippen LogP contribution in [0.4, 0.5) is 4.79 Å². The Morgan fingerprint density at radius 3 is 2.84 bits per heavy atom. The van der Waals surface area contributed by atoms with Crippen LogP contribution in [-0.2, 0) is 23.8 Å². The maximum absolute atomic E-state index is 11.7. The number of nitrogens with zero attached hydrogens (tertiary/aromatic N) is 1. The van der Waals surface area contributed by atoms with E-state index in [-0.39, 0.29) is 19.2 Å². The standard InChI is InChI=1S/C11H21NO6S/c1-3-4-6-17-11(13)12-5-7-16-10(8-12)9-18-19(2,14)15/h10H,3-9H2,1-2H3. The average Bonchev–Trinajstić information content (AvgIpc) is 2.36. The first-order chi connectivity index (χ1) is 8.92. The lowest BCUT2D eigenvalue weighted by molar-refractivity contribution is -0.0441. The van der Waals surface area contributed by atoms with Crippen LogP contribution in [0.3, 0.4) is 0 Å². The topological polar surface area (TPSA) is 82.1 Å². The van der Waals surface area contributed by atoms with Crippen molar-refractivity contribution in [3.05, 3.63) is 0 Å². The van der Waals surface area contributed by atoms with Gasteiger partial charge >= 0.3 is 6.09 Å². The fourth-order valence-corrected chi connectivity index (χ4v) is 1.98. The number of hydrogen-bond acceptors (Lipinski definition) is 6. The minimum atomic E-state index is -3.49. The SMILES string of the molecule is CCCCOC(=O)N1CCOC(COS(C)(=O)=O)C1. The number of amides is 1. The molecule has 1 aliphatic heterocycles. The van der Waals surface area contributed by atoms with E-state index in [0.29, 0.717) is 19.8 Å². The highest BCUT2D eigenvalue weighted by molar-refractivity contribution is 7.85. The smallest absolute Gasteiger partial charge is 0.409 e. The lowest BCUT2D eigenvalue weighted by atomic mass is 10.3. The lowest BCUT2D eigenvalue weighted by Crippen LogP contribution is -2.47. The zero-order valence-electron chi connectivity index (χ0n) is 11.3. The molecule has 0 aromatic heterocycles. The van der Waals surface area contributed by atoms with Crippen LogP contribution in [0.1, 0.15) is 19.8 Å². The molecule has 1 atom stereocenters. The Bertz CT molecular complexity index is 383. The zero-order valence-corrected chi connectivity index (χ0v) is 12.1. The molecule has 0 N–H and O–H groups in total. The molecule has 0 aromatic rings. The van der Waals surface area contributed by atoms with Crippen molar-refractivity contribution >= 4 is 16.2 Å². The van der Waals surface area contributed by atoms with Gasteiger partial charge in [-0.3, -0.25) is 4.18 Å². The Labute approximate surface area is 113 Å². The van der Waals surface area contributed by atoms with Gasteiger partial charge in [0.25, 0.3) is 10.1 Å². The molecule has 0 bridgehead atoms. The van der Waals surface area contributed by atoms with E-state index in [1.807, 2.05) is 6.92 Å². The van der Waals surface area contributed by atoms with Crippen molar-refractivity contribution < 1.29 is 26.9 Å². The third kappa shape index (κ3) is 6.74. The van der Waals surface area contributed by atoms with Crippen molar-refractivity contribution in [3.8, 4) is 0 Å². The predicted molar refractivity (Wildman–Crippen MR) is 68.4 cm³/mol. The van der Waals surface area contributed by atoms with Gasteiger partial charge in [0.2, 0.25) is 0 Å². The lowest BCUT2D eigenvalue weighted by Gasteiger charge is -2.31. The van der Waals surface area contributed by atoms with Gasteiger partial charge < -0.3 is 14.4 Å². The molecular formula is C11H21NO6S. The van der Waals surface area contributed by atoms with Gasteiger partial charge in [0, 0.05) is 6.54 Å². The Morgan fingerprint density at radius 2 is 2.21 bits per heavy atom. The summed E-state index contributed by atoms with van der Waals surface area (Å²) >= 11 is 0. The van der Waals surface area contributed by atoms with Crippen LogP contribution in [0.5, 0.6) is 0 Å². The monoisotopic (exact) mass is 295 g/mol. The molecule has 0 saturated carbocycles. The highest BCUT2D eigenvalue weighted by atomic mass is 32.2. The van der Waals surface area contributed by atoms with E-state index < -0.39 is 16.2 Å². The Morgan fingerprint density at radius 1 is 1.47 bits per heavy atom. The Hall–Kier alpha value is -0.860. The number of hydrogen-bond donors (Lipinski definition) is 0. The zero-order chi connectivity index (χ0) is 14.3. The van der Waals surface area contributed by atoms with Gasteiger partial charge in [-0.25, -0.2) is 4.79 Å². The van der Waals surface area contributed by atoms with E-state index in [2.05, 4.69) is 4.18 Å². The second-order valence-electron chi connectivity index (χ2n) is 4.40. The first-order valence-electron chi connectivity index (χ1n) is 6.30. The van der Waals surface area contributed by atoms with Crippen LogP contribution in [-0.4, -0.2) is 64.7 Å². The molecule has 19 heavy (non-hydrogen) atoms. The quantitative estimate of drug-likeness (QED) is 0.527. The fraction of sp³-hybridized carbons (Fsp3) is 0.909. The molecule has 1 rings (SSSR count). The fourth-order valence-electron chi connectivity index (χ4n) is 1.58. The Kier molecular flexibility index (Phi) is 6.53. The van der Waals surface area contributed by atoms with Crippen molar-refractivity contribution in [2.45, 2.75) is 25.9 Å². The highest BCUT2D eigenvalue weighted by Crippen LogP contribution is 2.08. The van der Waals surface area contributed by atoms with Crippen molar-refractivity contribution in [1.82, 2.24) is 4.90 Å². The Balaban J connectivity index is 2.34. The molecular weight excluding hydrogens is 274 g/mol. The van der Waals surface area contributed by atoms with Gasteiger partial charge in [-0.1, -0.05) is 13.3 Å². The van der Waals surface area contributed by atoms with Crippen molar-refractivity contribution in [2.75, 3.05) is 39.2 Å². The summed E-state index contributed by atoms with van der Waals surface area (Å²) in [6, 6.07) is 0. The molecule has 1 aliphatic rings. The summed E-state index contributed by atoms with van der Waals surface area (Å²) in [5.41, 5.74) is 0. The number of ether oxygens (including phenoxy) is 2. The van der Waals surface area contributed by atoms with Gasteiger partial charge in [-0.2, -0.15) is 8.42 Å². The molecule has 1 saturated heterocycles. The third-order valence-corrected chi connectivity index (χ3v) is 3.15. The predicted octanol–water partition coefficient (Wildman–Crippen LogP) is 0.600. The summed E-state index contributed by atoms with van der Waals surface area (Å²) in [6.07, 6.45) is 1.94. The van der Waals surface area contributed by atoms with E-state index in [0.717, 1.165) is 19.1 Å². The van der Waals surface area contributed by atoms with Crippen LogP contribution in [0.25, 0.3) is 0 Å². The molecule has 8 heteroatoms. The molecule has 0 aromatic carbocycles. The summed E-state index contributed by atoms with van der Waals surface area (Å²) in [5, 5.41) is 0. The number of rotatable bonds is 6. The molecule has 0 aliphatic carbocycles. The minimum absolute atomic E-state index is 0.0857. The van der Waals surface area contributed by atoms with Crippen LogP contribution in [0, 0.1) is 0 Å². The molecule has 112 valence electrons. The normalized spacial score (nSPS) is 20.3. The summed E-state index contributed by atoms with van der Waals surface area (Å²) in [7, 11) is -3.49. The number of carbonyl (C=O) groups excluding carboxylic acids is 1. The van der Waals surface area contributed by atoms with Crippen LogP contribution < -0.4 is 0 Å². The van der Waals surface area contributed by atoms with Crippen molar-refractivity contribution in [3.63, 3.8) is 0 Å². The average molecular weight is 295 g/mol. The first kappa shape index (κ1) is 16.2. The minimum Gasteiger partial charge on any atom is -0.449 e. The molecule has 7 nitrogen and oxygen atoms in total. The van der Waals surface area contributed by atoms with E-state index in [4.69, 9.17) is 9.47 Å². The largest absolute Gasteiger partial charge is 0.449 e.